The van der Waals surface area contributed by atoms with Crippen molar-refractivity contribution in [3.63, 3.8) is 0 Å². The van der Waals surface area contributed by atoms with Gasteiger partial charge < -0.3 is 10.0 Å². The van der Waals surface area contributed by atoms with Crippen LogP contribution in [0.2, 0.25) is 0 Å². The van der Waals surface area contributed by atoms with Crippen LogP contribution in [-0.2, 0) is 4.84 Å². The molecule has 1 aromatic rings. The lowest BCUT2D eigenvalue weighted by Crippen LogP contribution is -2.41. The highest BCUT2D eigenvalue weighted by atomic mass is 16.7. The number of piperidine rings is 1. The number of nitrogens with zero attached hydrogens (tertiary/aromatic N) is 4. The topological polar surface area (TPSA) is 61.2 Å². The minimum Gasteiger partial charge on any atom is -0.389 e. The van der Waals surface area contributed by atoms with Crippen molar-refractivity contribution < 1.29 is 9.94 Å². The van der Waals surface area contributed by atoms with E-state index >= 15 is 0 Å². The van der Waals surface area contributed by atoms with E-state index in [1.54, 1.807) is 17.5 Å². The highest BCUT2D eigenvalue weighted by Gasteiger charge is 2.18. The van der Waals surface area contributed by atoms with Crippen LogP contribution < -0.4 is 0 Å². The molecule has 0 aromatic carbocycles. The third-order valence-electron chi connectivity index (χ3n) is 4.09. The van der Waals surface area contributed by atoms with E-state index in [-0.39, 0.29) is 6.61 Å². The van der Waals surface area contributed by atoms with Gasteiger partial charge in [0.25, 0.3) is 0 Å². The van der Waals surface area contributed by atoms with Gasteiger partial charge in [0.15, 0.2) is 5.84 Å². The fourth-order valence-electron chi connectivity index (χ4n) is 2.93. The fraction of sp³-hybridized carbons (Fsp3) is 0.667. The highest BCUT2D eigenvalue weighted by molar-refractivity contribution is 5.97. The zero-order chi connectivity index (χ0) is 17.2. The molecule has 1 aromatic heterocycles. The molecule has 1 aliphatic heterocycles. The summed E-state index contributed by atoms with van der Waals surface area (Å²) in [5.74, 6) is 0.762. The van der Waals surface area contributed by atoms with Crippen molar-refractivity contribution in [1.82, 2.24) is 14.9 Å². The van der Waals surface area contributed by atoms with Gasteiger partial charge in [-0.1, -0.05) is 6.42 Å². The number of pyridine rings is 1. The number of rotatable bonds is 8. The van der Waals surface area contributed by atoms with Gasteiger partial charge in [0.2, 0.25) is 0 Å². The zero-order valence-electron chi connectivity index (χ0n) is 14.9. The van der Waals surface area contributed by atoms with Crippen molar-refractivity contribution in [2.24, 2.45) is 4.99 Å². The third kappa shape index (κ3) is 5.85. The van der Waals surface area contributed by atoms with Gasteiger partial charge in [0.1, 0.15) is 6.61 Å². The normalized spacial score (nSPS) is 17.7. The molecule has 0 radical (unpaired) electrons. The number of aromatic nitrogens is 1. The van der Waals surface area contributed by atoms with Gasteiger partial charge in [-0.3, -0.25) is 14.8 Å². The number of hydrogen-bond donors (Lipinski definition) is 1. The van der Waals surface area contributed by atoms with Gasteiger partial charge in [-0.25, -0.2) is 5.06 Å². The van der Waals surface area contributed by atoms with E-state index in [1.165, 1.54) is 19.3 Å². The van der Waals surface area contributed by atoms with Crippen LogP contribution in [0.3, 0.4) is 0 Å². The van der Waals surface area contributed by atoms with Crippen molar-refractivity contribution in [2.45, 2.75) is 39.2 Å². The van der Waals surface area contributed by atoms with Gasteiger partial charge in [-0.05, 0) is 51.9 Å². The molecule has 0 bridgehead atoms. The van der Waals surface area contributed by atoms with Crippen LogP contribution in [-0.4, -0.2) is 71.3 Å². The molecule has 0 amide bonds. The second kappa shape index (κ2) is 10.4. The lowest BCUT2D eigenvalue weighted by atomic mass is 10.1. The molecule has 1 unspecified atom stereocenters. The Morgan fingerprint density at radius 1 is 1.38 bits per heavy atom. The van der Waals surface area contributed by atoms with Gasteiger partial charge in [-0.2, -0.15) is 0 Å². The second-order valence-corrected chi connectivity index (χ2v) is 6.05. The van der Waals surface area contributed by atoms with E-state index in [0.29, 0.717) is 19.6 Å². The van der Waals surface area contributed by atoms with Gasteiger partial charge in [0.05, 0.1) is 6.10 Å². The van der Waals surface area contributed by atoms with Crippen molar-refractivity contribution in [3.8, 4) is 0 Å². The number of aliphatic imine (C=N–C) groups is 1. The summed E-state index contributed by atoms with van der Waals surface area (Å²) in [6, 6.07) is 3.86. The minimum atomic E-state index is -0.492. The van der Waals surface area contributed by atoms with E-state index in [4.69, 9.17) is 4.84 Å². The monoisotopic (exact) mass is 334 g/mol. The molecule has 24 heavy (non-hydrogen) atoms. The molecule has 2 heterocycles. The summed E-state index contributed by atoms with van der Waals surface area (Å²) in [6.07, 6.45) is 6.78. The number of β-amino-alcohol motifs (C(OH)–C–C–N with tert-alkyl or cyclic N) is 1. The SMILES string of the molecule is CCN=C(c1cccnc1)N(CC)OCC(O)CN1CCCCC1. The number of aliphatic hydroxyl groups is 1. The van der Waals surface area contributed by atoms with E-state index in [1.807, 2.05) is 26.0 Å². The average Bonchev–Trinajstić information content (AvgIpc) is 2.63. The van der Waals surface area contributed by atoms with E-state index in [0.717, 1.165) is 24.5 Å². The molecule has 1 saturated heterocycles. The van der Waals surface area contributed by atoms with Crippen LogP contribution in [0.1, 0.15) is 38.7 Å². The number of hydroxylamine groups is 2. The number of amidine groups is 1. The lowest BCUT2D eigenvalue weighted by molar-refractivity contribution is -0.128. The maximum atomic E-state index is 10.3. The molecular weight excluding hydrogens is 304 g/mol. The molecule has 0 aliphatic carbocycles. The second-order valence-electron chi connectivity index (χ2n) is 6.05. The Morgan fingerprint density at radius 3 is 2.79 bits per heavy atom. The maximum absolute atomic E-state index is 10.3. The smallest absolute Gasteiger partial charge is 0.156 e. The molecule has 0 saturated carbocycles. The first-order chi connectivity index (χ1) is 11.7. The molecule has 1 aliphatic rings. The molecule has 2 rings (SSSR count). The maximum Gasteiger partial charge on any atom is 0.156 e. The summed E-state index contributed by atoms with van der Waals surface area (Å²) in [5, 5.41) is 12.0. The Balaban J connectivity index is 1.90. The molecule has 1 fully saturated rings. The fourth-order valence-corrected chi connectivity index (χ4v) is 2.93. The number of hydrogen-bond acceptors (Lipinski definition) is 5. The minimum absolute atomic E-state index is 0.271. The van der Waals surface area contributed by atoms with Gasteiger partial charge in [0, 0.05) is 37.6 Å². The van der Waals surface area contributed by atoms with Crippen LogP contribution in [0.4, 0.5) is 0 Å². The van der Waals surface area contributed by atoms with Crippen molar-refractivity contribution >= 4 is 5.84 Å². The van der Waals surface area contributed by atoms with E-state index in [2.05, 4.69) is 14.9 Å². The van der Waals surface area contributed by atoms with Crippen molar-refractivity contribution in [1.29, 1.82) is 0 Å². The van der Waals surface area contributed by atoms with Crippen molar-refractivity contribution in [3.05, 3.63) is 30.1 Å². The summed E-state index contributed by atoms with van der Waals surface area (Å²) in [4.78, 5) is 16.9. The highest BCUT2D eigenvalue weighted by Crippen LogP contribution is 2.10. The Labute approximate surface area is 145 Å². The van der Waals surface area contributed by atoms with Crippen LogP contribution in [0.5, 0.6) is 0 Å². The summed E-state index contributed by atoms with van der Waals surface area (Å²) < 4.78 is 0. The first kappa shape index (κ1) is 18.8. The van der Waals surface area contributed by atoms with Crippen LogP contribution in [0, 0.1) is 0 Å². The Morgan fingerprint density at radius 2 is 2.17 bits per heavy atom. The van der Waals surface area contributed by atoms with Crippen molar-refractivity contribution in [2.75, 3.05) is 39.3 Å². The molecule has 1 N–H and O–H groups in total. The summed E-state index contributed by atoms with van der Waals surface area (Å²) in [6.45, 7) is 8.43. The van der Waals surface area contributed by atoms with Crippen LogP contribution in [0.25, 0.3) is 0 Å². The number of likely N-dealkylation sites (tertiary alicyclic amines) is 1. The summed E-state index contributed by atoms with van der Waals surface area (Å²) >= 11 is 0. The largest absolute Gasteiger partial charge is 0.389 e. The Bertz CT molecular complexity index is 489. The summed E-state index contributed by atoms with van der Waals surface area (Å²) in [7, 11) is 0. The Hall–Kier alpha value is -1.50. The average molecular weight is 334 g/mol. The Kier molecular flexibility index (Phi) is 8.15. The molecule has 134 valence electrons. The zero-order valence-corrected chi connectivity index (χ0v) is 14.9. The molecule has 6 heteroatoms. The third-order valence-corrected chi connectivity index (χ3v) is 4.09. The van der Waals surface area contributed by atoms with Crippen LogP contribution in [0.15, 0.2) is 29.5 Å². The van der Waals surface area contributed by atoms with E-state index < -0.39 is 6.10 Å². The van der Waals surface area contributed by atoms with Gasteiger partial charge >= 0.3 is 0 Å². The number of aliphatic hydroxyl groups excluding tert-OH is 1. The predicted molar refractivity (Wildman–Crippen MR) is 95.9 cm³/mol. The standard InChI is InChI=1S/C18H30N4O2/c1-3-20-18(16-9-8-10-19-13-16)22(4-2)24-15-17(23)14-21-11-6-5-7-12-21/h8-10,13,17,23H,3-7,11-12,14-15H2,1-2H3. The molecular formula is C18H30N4O2. The molecule has 1 atom stereocenters. The molecule has 6 nitrogen and oxygen atoms in total. The van der Waals surface area contributed by atoms with Crippen LogP contribution >= 0.6 is 0 Å². The first-order valence-corrected chi connectivity index (χ1v) is 9.00. The van der Waals surface area contributed by atoms with E-state index in [9.17, 15) is 5.11 Å². The summed E-state index contributed by atoms with van der Waals surface area (Å²) in [5.41, 5.74) is 0.923. The predicted octanol–water partition coefficient (Wildman–Crippen LogP) is 1.95. The first-order valence-electron chi connectivity index (χ1n) is 9.00. The van der Waals surface area contributed by atoms with Gasteiger partial charge in [-0.15, -0.1) is 0 Å². The quantitative estimate of drug-likeness (QED) is 0.447. The lowest BCUT2D eigenvalue weighted by Gasteiger charge is -2.30. The molecule has 0 spiro atoms.